The lowest BCUT2D eigenvalue weighted by Gasteiger charge is -2.36. The maximum Gasteiger partial charge on any atom is 0.187 e. The smallest absolute Gasteiger partial charge is 0.187 e. The van der Waals surface area contributed by atoms with Crippen molar-refractivity contribution in [2.45, 2.75) is 0 Å². The number of hydrogen-bond donors (Lipinski definition) is 0. The van der Waals surface area contributed by atoms with Crippen LogP contribution >= 0.6 is 0 Å². The van der Waals surface area contributed by atoms with Crippen molar-refractivity contribution in [1.29, 1.82) is 0 Å². The highest BCUT2D eigenvalue weighted by Gasteiger charge is 2.30. The molecule has 1 heterocycles. The molecule has 66 heavy (non-hydrogen) atoms. The summed E-state index contributed by atoms with van der Waals surface area (Å²) >= 11 is 0. The molecule has 5 heteroatoms. The average Bonchev–Trinajstić information content (AvgIpc) is 3.37. The zero-order valence-corrected chi connectivity index (χ0v) is 35.7. The van der Waals surface area contributed by atoms with Crippen LogP contribution in [0.1, 0.15) is 0 Å². The molecular weight excluding hydrogens is 808 g/mol. The van der Waals surface area contributed by atoms with E-state index < -0.39 is 0 Å². The highest BCUT2D eigenvalue weighted by Crippen LogP contribution is 2.55. The van der Waals surface area contributed by atoms with Gasteiger partial charge < -0.3 is 14.7 Å². The Kier molecular flexibility index (Phi) is 9.36. The van der Waals surface area contributed by atoms with Gasteiger partial charge in [-0.15, -0.1) is 0 Å². The molecule has 0 N–H and O–H groups in total. The first kappa shape index (κ1) is 38.7. The second-order valence-electron chi connectivity index (χ2n) is 16.6. The van der Waals surface area contributed by atoms with E-state index in [1.807, 2.05) is 60.7 Å². The molecule has 0 aliphatic carbocycles. The SMILES string of the molecule is [C-]#[N+]c1ccc(N2c3cc(N(c4ccccc4)c4cc(F)cc(-c5cccc6ccccc56)c4)ccc3-c3ccc(N(c4ccccc4)c4ccc5ccccc5c4)c4cccc2c34)cc1. The first-order valence-corrected chi connectivity index (χ1v) is 22.1. The number of rotatable bonds is 8. The monoisotopic (exact) mass is 846 g/mol. The zero-order valence-electron chi connectivity index (χ0n) is 35.7. The second kappa shape index (κ2) is 16.0. The topological polar surface area (TPSA) is 14.1 Å². The van der Waals surface area contributed by atoms with Crippen LogP contribution in [0.25, 0.3) is 59.4 Å². The van der Waals surface area contributed by atoms with Crippen LogP contribution in [0.4, 0.5) is 61.3 Å². The molecule has 0 atom stereocenters. The molecule has 12 rings (SSSR count). The molecular formula is C61H39FN4. The molecule has 0 bridgehead atoms. The van der Waals surface area contributed by atoms with Crippen molar-refractivity contribution in [3.63, 3.8) is 0 Å². The number of benzene rings is 11. The summed E-state index contributed by atoms with van der Waals surface area (Å²) in [7, 11) is 0. The standard InChI is InChI=1S/C61H39FN4/c1-63-46-27-30-49(31-28-46)66-59-25-13-24-57-58(65(48-20-6-3-7-21-48)50-29-26-41-14-8-9-16-43(41)37-50)35-34-56(61(57)59)55-33-32-51(40-60(55)66)64(47-18-4-2-5-19-47)52-38-44(36-45(62)39-52)54-23-12-17-42-15-10-11-22-53(42)54/h2-40H. The maximum absolute atomic E-state index is 16.1. The fourth-order valence-corrected chi connectivity index (χ4v) is 9.81. The first-order valence-electron chi connectivity index (χ1n) is 22.1. The van der Waals surface area contributed by atoms with E-state index in [9.17, 15) is 0 Å². The van der Waals surface area contributed by atoms with Gasteiger partial charge in [0.25, 0.3) is 0 Å². The van der Waals surface area contributed by atoms with Gasteiger partial charge in [-0.3, -0.25) is 0 Å². The van der Waals surface area contributed by atoms with Crippen LogP contribution in [0, 0.1) is 12.4 Å². The summed E-state index contributed by atoms with van der Waals surface area (Å²) in [4.78, 5) is 10.5. The van der Waals surface area contributed by atoms with Crippen molar-refractivity contribution < 1.29 is 4.39 Å². The summed E-state index contributed by atoms with van der Waals surface area (Å²) in [6, 6.07) is 81.1. The van der Waals surface area contributed by atoms with Gasteiger partial charge in [-0.25, -0.2) is 9.24 Å². The number of nitrogens with zero attached hydrogens (tertiary/aromatic N) is 4. The average molecular weight is 847 g/mol. The van der Waals surface area contributed by atoms with Crippen LogP contribution in [0.5, 0.6) is 0 Å². The largest absolute Gasteiger partial charge is 0.310 e. The lowest BCUT2D eigenvalue weighted by atomic mass is 9.89. The molecule has 11 aromatic carbocycles. The van der Waals surface area contributed by atoms with Gasteiger partial charge in [0.05, 0.1) is 23.6 Å². The Hall–Kier alpha value is -8.98. The highest BCUT2D eigenvalue weighted by molar-refractivity contribution is 6.18. The molecule has 0 spiro atoms. The third-order valence-electron chi connectivity index (χ3n) is 12.7. The molecule has 0 radical (unpaired) electrons. The first-order chi connectivity index (χ1) is 32.6. The van der Waals surface area contributed by atoms with Crippen LogP contribution in [-0.2, 0) is 0 Å². The van der Waals surface area contributed by atoms with Crippen molar-refractivity contribution in [3.05, 3.63) is 254 Å². The van der Waals surface area contributed by atoms with Gasteiger partial charge in [-0.05, 0) is 129 Å². The van der Waals surface area contributed by atoms with E-state index in [4.69, 9.17) is 6.57 Å². The molecule has 11 aromatic rings. The molecule has 4 nitrogen and oxygen atoms in total. The van der Waals surface area contributed by atoms with Crippen molar-refractivity contribution in [2.75, 3.05) is 14.7 Å². The van der Waals surface area contributed by atoms with Crippen molar-refractivity contribution >= 4 is 89.2 Å². The molecule has 0 aromatic heterocycles. The molecule has 0 unspecified atom stereocenters. The fraction of sp³-hybridized carbons (Fsp3) is 0. The van der Waals surface area contributed by atoms with E-state index in [0.717, 1.165) is 89.3 Å². The van der Waals surface area contributed by atoms with Crippen molar-refractivity contribution in [2.24, 2.45) is 0 Å². The number of para-hydroxylation sites is 2. The quantitative estimate of drug-likeness (QED) is 0.142. The van der Waals surface area contributed by atoms with Gasteiger partial charge in [-0.2, -0.15) is 0 Å². The Morgan fingerprint density at radius 3 is 1.82 bits per heavy atom. The highest BCUT2D eigenvalue weighted by atomic mass is 19.1. The molecule has 0 saturated heterocycles. The third kappa shape index (κ3) is 6.60. The predicted octanol–water partition coefficient (Wildman–Crippen LogP) is 17.9. The van der Waals surface area contributed by atoms with Gasteiger partial charge in [-0.1, -0.05) is 146 Å². The van der Waals surface area contributed by atoms with Crippen LogP contribution < -0.4 is 14.7 Å². The Morgan fingerprint density at radius 1 is 0.394 bits per heavy atom. The number of fused-ring (bicyclic) bond motifs is 4. The van der Waals surface area contributed by atoms with Crippen LogP contribution in [-0.4, -0.2) is 0 Å². The molecule has 1 aliphatic rings. The lowest BCUT2D eigenvalue weighted by Crippen LogP contribution is -2.17. The van der Waals surface area contributed by atoms with Crippen LogP contribution in [0.2, 0.25) is 0 Å². The Labute approximate surface area is 382 Å². The van der Waals surface area contributed by atoms with Gasteiger partial charge in [0.1, 0.15) is 5.82 Å². The van der Waals surface area contributed by atoms with E-state index in [2.05, 4.69) is 183 Å². The van der Waals surface area contributed by atoms with Gasteiger partial charge in [0.2, 0.25) is 0 Å². The van der Waals surface area contributed by atoms with E-state index in [1.165, 1.54) is 10.8 Å². The van der Waals surface area contributed by atoms with Gasteiger partial charge in [0.15, 0.2) is 5.69 Å². The second-order valence-corrected chi connectivity index (χ2v) is 16.6. The summed E-state index contributed by atoms with van der Waals surface area (Å²) in [5, 5.41) is 6.75. The Morgan fingerprint density at radius 2 is 1.03 bits per heavy atom. The minimum atomic E-state index is -0.319. The molecule has 0 amide bonds. The third-order valence-corrected chi connectivity index (χ3v) is 12.7. The van der Waals surface area contributed by atoms with E-state index in [0.29, 0.717) is 11.4 Å². The summed E-state index contributed by atoms with van der Waals surface area (Å²) in [5.74, 6) is -0.319. The predicted molar refractivity (Wildman–Crippen MR) is 274 cm³/mol. The maximum atomic E-state index is 16.1. The zero-order chi connectivity index (χ0) is 44.1. The minimum Gasteiger partial charge on any atom is -0.310 e. The van der Waals surface area contributed by atoms with Crippen LogP contribution in [0.15, 0.2) is 237 Å². The van der Waals surface area contributed by atoms with E-state index in [-0.39, 0.29) is 5.82 Å². The van der Waals surface area contributed by atoms with Crippen molar-refractivity contribution in [1.82, 2.24) is 0 Å². The summed E-state index contributed by atoms with van der Waals surface area (Å²) in [6.07, 6.45) is 0. The van der Waals surface area contributed by atoms with Crippen molar-refractivity contribution in [3.8, 4) is 22.3 Å². The normalized spacial score (nSPS) is 11.7. The number of halogens is 1. The molecule has 310 valence electrons. The number of hydrogen-bond acceptors (Lipinski definition) is 3. The minimum absolute atomic E-state index is 0.319. The molecule has 0 saturated carbocycles. The lowest BCUT2D eigenvalue weighted by molar-refractivity contribution is 0.628. The summed E-state index contributed by atoms with van der Waals surface area (Å²) in [6.45, 7) is 7.75. The molecule has 1 aliphatic heterocycles. The Bertz CT molecular complexity index is 3690. The summed E-state index contributed by atoms with van der Waals surface area (Å²) < 4.78 is 16.1. The van der Waals surface area contributed by atoms with Crippen LogP contribution in [0.3, 0.4) is 0 Å². The Balaban J connectivity index is 1.07. The van der Waals surface area contributed by atoms with E-state index >= 15 is 4.39 Å². The van der Waals surface area contributed by atoms with Gasteiger partial charge in [0, 0.05) is 50.5 Å². The fourth-order valence-electron chi connectivity index (χ4n) is 9.81. The van der Waals surface area contributed by atoms with Gasteiger partial charge >= 0.3 is 0 Å². The number of anilines is 9. The molecule has 0 fully saturated rings. The summed E-state index contributed by atoms with van der Waals surface area (Å²) in [5.41, 5.74) is 13.1. The van der Waals surface area contributed by atoms with E-state index in [1.54, 1.807) is 12.1 Å².